The molecule has 1 aliphatic carbocycles. The Balaban J connectivity index is 0.00000109. The predicted octanol–water partition coefficient (Wildman–Crippen LogP) is 4.32. The van der Waals surface area contributed by atoms with E-state index in [-0.39, 0.29) is 18.3 Å². The highest BCUT2D eigenvalue weighted by atomic mass is 16.7. The summed E-state index contributed by atoms with van der Waals surface area (Å²) in [5, 5.41) is 0. The Kier molecular flexibility index (Phi) is 6.52. The van der Waals surface area contributed by atoms with Gasteiger partial charge in [0.05, 0.1) is 41.3 Å². The van der Waals surface area contributed by atoms with E-state index in [1.807, 2.05) is 26.2 Å². The van der Waals surface area contributed by atoms with Crippen molar-refractivity contribution in [3.63, 3.8) is 0 Å². The number of nitrogens with zero attached hydrogens (tertiary/aromatic N) is 2. The van der Waals surface area contributed by atoms with Crippen molar-refractivity contribution in [1.82, 2.24) is 9.55 Å². The SMILES string of the molecule is CC.CC1(C)OB(c2ccc3ncn(CCOC4CCCC4)c3c2)OC1(C)C. The van der Waals surface area contributed by atoms with E-state index >= 15 is 0 Å². The normalized spacial score (nSPS) is 21.1. The van der Waals surface area contributed by atoms with Gasteiger partial charge < -0.3 is 18.6 Å². The lowest BCUT2D eigenvalue weighted by Crippen LogP contribution is -2.41. The number of aromatic nitrogens is 2. The van der Waals surface area contributed by atoms with Gasteiger partial charge in [-0.2, -0.15) is 0 Å². The molecule has 0 amide bonds. The quantitative estimate of drug-likeness (QED) is 0.718. The van der Waals surface area contributed by atoms with E-state index < -0.39 is 0 Å². The summed E-state index contributed by atoms with van der Waals surface area (Å²) in [4.78, 5) is 4.52. The van der Waals surface area contributed by atoms with Crippen LogP contribution in [0.15, 0.2) is 24.5 Å². The Hall–Kier alpha value is -1.37. The Morgan fingerprint density at radius 1 is 1.11 bits per heavy atom. The van der Waals surface area contributed by atoms with Crippen LogP contribution in [-0.4, -0.2) is 40.6 Å². The number of imidazole rings is 1. The fourth-order valence-corrected chi connectivity index (χ4v) is 3.75. The van der Waals surface area contributed by atoms with E-state index in [9.17, 15) is 0 Å². The molecule has 0 atom stereocenters. The van der Waals surface area contributed by atoms with E-state index in [1.54, 1.807) is 0 Å². The maximum atomic E-state index is 6.19. The number of rotatable bonds is 5. The lowest BCUT2D eigenvalue weighted by Gasteiger charge is -2.32. The van der Waals surface area contributed by atoms with Crippen molar-refractivity contribution < 1.29 is 14.0 Å². The maximum absolute atomic E-state index is 6.19. The molecule has 28 heavy (non-hydrogen) atoms. The van der Waals surface area contributed by atoms with Crippen LogP contribution in [0.3, 0.4) is 0 Å². The first kappa shape index (κ1) is 21.3. The average Bonchev–Trinajstić information content (AvgIpc) is 3.36. The van der Waals surface area contributed by atoms with E-state index in [2.05, 4.69) is 49.4 Å². The average molecular weight is 386 g/mol. The Morgan fingerprint density at radius 3 is 2.39 bits per heavy atom. The van der Waals surface area contributed by atoms with Gasteiger partial charge in [0, 0.05) is 6.54 Å². The van der Waals surface area contributed by atoms with Gasteiger partial charge in [-0.15, -0.1) is 0 Å². The number of hydrogen-bond donors (Lipinski definition) is 0. The third-order valence-electron chi connectivity index (χ3n) is 6.16. The number of ether oxygens (including phenoxy) is 1. The second-order valence-corrected chi connectivity index (χ2v) is 8.55. The van der Waals surface area contributed by atoms with Crippen LogP contribution >= 0.6 is 0 Å². The molecule has 0 bridgehead atoms. The van der Waals surface area contributed by atoms with Gasteiger partial charge >= 0.3 is 7.12 Å². The van der Waals surface area contributed by atoms with Crippen molar-refractivity contribution in [2.45, 2.75) is 91.1 Å². The van der Waals surface area contributed by atoms with Gasteiger partial charge in [0.1, 0.15) is 0 Å². The zero-order chi connectivity index (χ0) is 20.4. The van der Waals surface area contributed by atoms with Gasteiger partial charge in [-0.25, -0.2) is 4.98 Å². The van der Waals surface area contributed by atoms with Crippen LogP contribution in [0.25, 0.3) is 11.0 Å². The molecule has 0 radical (unpaired) electrons. The molecule has 2 aliphatic rings. The minimum Gasteiger partial charge on any atom is -0.399 e. The third-order valence-corrected chi connectivity index (χ3v) is 6.16. The lowest BCUT2D eigenvalue weighted by atomic mass is 9.79. The van der Waals surface area contributed by atoms with Crippen LogP contribution in [0.2, 0.25) is 0 Å². The van der Waals surface area contributed by atoms with E-state index in [4.69, 9.17) is 14.0 Å². The number of benzene rings is 1. The van der Waals surface area contributed by atoms with Crippen molar-refractivity contribution in [2.24, 2.45) is 0 Å². The van der Waals surface area contributed by atoms with Crippen molar-refractivity contribution in [3.05, 3.63) is 24.5 Å². The molecule has 0 N–H and O–H groups in total. The molecule has 1 saturated heterocycles. The van der Waals surface area contributed by atoms with Gasteiger partial charge in [0.2, 0.25) is 0 Å². The lowest BCUT2D eigenvalue weighted by molar-refractivity contribution is 0.00578. The molecule has 6 heteroatoms. The zero-order valence-corrected chi connectivity index (χ0v) is 18.3. The van der Waals surface area contributed by atoms with E-state index in [0.29, 0.717) is 6.10 Å². The fourth-order valence-electron chi connectivity index (χ4n) is 3.75. The van der Waals surface area contributed by atoms with Crippen molar-refractivity contribution in [1.29, 1.82) is 0 Å². The maximum Gasteiger partial charge on any atom is 0.494 e. The van der Waals surface area contributed by atoms with Crippen LogP contribution in [0.5, 0.6) is 0 Å². The molecule has 5 nitrogen and oxygen atoms in total. The molecule has 1 aliphatic heterocycles. The van der Waals surface area contributed by atoms with E-state index in [0.717, 1.165) is 29.6 Å². The van der Waals surface area contributed by atoms with Crippen LogP contribution in [-0.2, 0) is 20.6 Å². The minimum absolute atomic E-state index is 0.331. The summed E-state index contributed by atoms with van der Waals surface area (Å²) in [7, 11) is -0.345. The minimum atomic E-state index is -0.345. The smallest absolute Gasteiger partial charge is 0.399 e. The van der Waals surface area contributed by atoms with Crippen molar-refractivity contribution in [2.75, 3.05) is 6.61 Å². The Bertz CT molecular complexity index is 765. The third kappa shape index (κ3) is 4.29. The van der Waals surface area contributed by atoms with Gasteiger partial charge in [-0.1, -0.05) is 32.8 Å². The van der Waals surface area contributed by atoms with Gasteiger partial charge in [-0.3, -0.25) is 0 Å². The van der Waals surface area contributed by atoms with Crippen molar-refractivity contribution in [3.8, 4) is 0 Å². The molecule has 1 aromatic heterocycles. The molecule has 2 fully saturated rings. The van der Waals surface area contributed by atoms with Crippen LogP contribution in [0.4, 0.5) is 0 Å². The molecule has 0 unspecified atom stereocenters. The Morgan fingerprint density at radius 2 is 1.75 bits per heavy atom. The number of fused-ring (bicyclic) bond motifs is 1. The summed E-state index contributed by atoms with van der Waals surface area (Å²) in [6.45, 7) is 13.9. The predicted molar refractivity (Wildman–Crippen MR) is 115 cm³/mol. The summed E-state index contributed by atoms with van der Waals surface area (Å²) in [6.07, 6.45) is 7.36. The largest absolute Gasteiger partial charge is 0.494 e. The highest BCUT2D eigenvalue weighted by Gasteiger charge is 2.51. The second kappa shape index (κ2) is 8.56. The van der Waals surface area contributed by atoms with Crippen LogP contribution in [0, 0.1) is 0 Å². The molecule has 4 rings (SSSR count). The standard InChI is InChI=1S/C20H29BN2O3.C2H6/c1-19(2)20(3,4)26-21(25-19)15-9-10-17-18(13-15)23(14-22-17)11-12-24-16-7-5-6-8-16;1-2/h9-10,13-14,16H,5-8,11-12H2,1-4H3;1-2H3. The first-order valence-electron chi connectivity index (χ1n) is 10.8. The van der Waals surface area contributed by atoms with Gasteiger partial charge in [-0.05, 0) is 58.1 Å². The molecule has 1 saturated carbocycles. The molecule has 0 spiro atoms. The summed E-state index contributed by atoms with van der Waals surface area (Å²) in [5.41, 5.74) is 2.47. The molecular weight excluding hydrogens is 351 g/mol. The summed E-state index contributed by atoms with van der Waals surface area (Å²) in [6, 6.07) is 6.24. The van der Waals surface area contributed by atoms with Gasteiger partial charge in [0.15, 0.2) is 0 Å². The Labute approximate surface area is 169 Å². The van der Waals surface area contributed by atoms with E-state index in [1.165, 1.54) is 25.7 Å². The highest BCUT2D eigenvalue weighted by molar-refractivity contribution is 6.62. The molecular formula is C22H35BN2O3. The first-order chi connectivity index (χ1) is 13.4. The second-order valence-electron chi connectivity index (χ2n) is 8.55. The molecule has 2 heterocycles. The monoisotopic (exact) mass is 386 g/mol. The molecule has 2 aromatic rings. The fraction of sp³-hybridized carbons (Fsp3) is 0.682. The van der Waals surface area contributed by atoms with Crippen LogP contribution < -0.4 is 5.46 Å². The molecule has 1 aromatic carbocycles. The highest BCUT2D eigenvalue weighted by Crippen LogP contribution is 2.36. The summed E-state index contributed by atoms with van der Waals surface area (Å²) < 4.78 is 20.6. The zero-order valence-electron chi connectivity index (χ0n) is 18.3. The topological polar surface area (TPSA) is 45.5 Å². The van der Waals surface area contributed by atoms with Crippen LogP contribution in [0.1, 0.15) is 67.2 Å². The number of hydrogen-bond acceptors (Lipinski definition) is 4. The molecule has 154 valence electrons. The summed E-state index contributed by atoms with van der Waals surface area (Å²) in [5.74, 6) is 0. The first-order valence-corrected chi connectivity index (χ1v) is 10.8. The van der Waals surface area contributed by atoms with Gasteiger partial charge in [0.25, 0.3) is 0 Å². The summed E-state index contributed by atoms with van der Waals surface area (Å²) >= 11 is 0. The van der Waals surface area contributed by atoms with Crippen molar-refractivity contribution >= 4 is 23.6 Å².